The van der Waals surface area contributed by atoms with Crippen LogP contribution in [0.1, 0.15) is 34.5 Å². The van der Waals surface area contributed by atoms with E-state index in [1.165, 1.54) is 46.6 Å². The highest BCUT2D eigenvalue weighted by Crippen LogP contribution is 2.27. The Bertz CT molecular complexity index is 894. The Kier molecular flexibility index (Phi) is 5.53. The van der Waals surface area contributed by atoms with Gasteiger partial charge in [-0.25, -0.2) is 4.79 Å². The number of hydrogen-bond donors (Lipinski definition) is 1. The van der Waals surface area contributed by atoms with Crippen LogP contribution in [0.4, 0.5) is 10.5 Å². The molecule has 0 unspecified atom stereocenters. The standard InChI is InChI=1S/C21H28N6O2/c1-16-4-5-17(19(14-16)25-7-2-3-8-25)15-24-10-12-26(13-11-24)21(29)27-9-6-18(23-27)20(22)28/h4-6,9,14H,2-3,7-8,10-13,15H2,1H3,(H2,22,28). The Labute approximate surface area is 170 Å². The molecule has 2 aliphatic rings. The van der Waals surface area contributed by atoms with Gasteiger partial charge in [-0.2, -0.15) is 9.78 Å². The van der Waals surface area contributed by atoms with E-state index in [-0.39, 0.29) is 11.7 Å². The number of nitrogens with zero attached hydrogens (tertiary/aromatic N) is 5. The van der Waals surface area contributed by atoms with Crippen molar-refractivity contribution in [1.29, 1.82) is 0 Å². The molecule has 3 heterocycles. The molecule has 1 aromatic heterocycles. The third-order valence-electron chi connectivity index (χ3n) is 5.76. The Morgan fingerprint density at radius 3 is 2.41 bits per heavy atom. The van der Waals surface area contributed by atoms with Crippen LogP contribution in [0.25, 0.3) is 0 Å². The van der Waals surface area contributed by atoms with Gasteiger partial charge in [0.1, 0.15) is 0 Å². The highest BCUT2D eigenvalue weighted by atomic mass is 16.2. The Morgan fingerprint density at radius 2 is 1.76 bits per heavy atom. The van der Waals surface area contributed by atoms with E-state index in [1.54, 1.807) is 4.90 Å². The second-order valence-electron chi connectivity index (χ2n) is 7.88. The van der Waals surface area contributed by atoms with Crippen LogP contribution < -0.4 is 10.6 Å². The second kappa shape index (κ2) is 8.24. The summed E-state index contributed by atoms with van der Waals surface area (Å²) in [5.74, 6) is -0.631. The molecular formula is C21H28N6O2. The highest BCUT2D eigenvalue weighted by Gasteiger charge is 2.24. The van der Waals surface area contributed by atoms with Crippen LogP contribution in [0.2, 0.25) is 0 Å². The fourth-order valence-electron chi connectivity index (χ4n) is 4.10. The molecule has 2 saturated heterocycles. The minimum atomic E-state index is -0.631. The zero-order chi connectivity index (χ0) is 20.4. The number of rotatable bonds is 4. The molecule has 4 rings (SSSR count). The van der Waals surface area contributed by atoms with E-state index < -0.39 is 5.91 Å². The molecule has 0 radical (unpaired) electrons. The molecule has 8 nitrogen and oxygen atoms in total. The van der Waals surface area contributed by atoms with Crippen LogP contribution in [-0.4, -0.2) is 70.8 Å². The maximum absolute atomic E-state index is 12.6. The van der Waals surface area contributed by atoms with E-state index in [0.29, 0.717) is 13.1 Å². The first-order valence-electron chi connectivity index (χ1n) is 10.2. The van der Waals surface area contributed by atoms with Gasteiger partial charge < -0.3 is 15.5 Å². The summed E-state index contributed by atoms with van der Waals surface area (Å²) in [6.45, 7) is 8.19. The minimum Gasteiger partial charge on any atom is -0.371 e. The van der Waals surface area contributed by atoms with Gasteiger partial charge in [-0.3, -0.25) is 9.69 Å². The van der Waals surface area contributed by atoms with Crippen molar-refractivity contribution in [2.45, 2.75) is 26.3 Å². The number of aryl methyl sites for hydroxylation is 1. The largest absolute Gasteiger partial charge is 0.371 e. The van der Waals surface area contributed by atoms with Crippen LogP contribution in [0.5, 0.6) is 0 Å². The van der Waals surface area contributed by atoms with Crippen LogP contribution in [0, 0.1) is 6.92 Å². The van der Waals surface area contributed by atoms with E-state index in [2.05, 4.69) is 40.0 Å². The van der Waals surface area contributed by atoms with Crippen molar-refractivity contribution < 1.29 is 9.59 Å². The molecule has 29 heavy (non-hydrogen) atoms. The summed E-state index contributed by atoms with van der Waals surface area (Å²) in [7, 11) is 0. The van der Waals surface area contributed by atoms with Gasteiger partial charge in [0.25, 0.3) is 5.91 Å². The quantitative estimate of drug-likeness (QED) is 0.850. The third kappa shape index (κ3) is 4.27. The maximum atomic E-state index is 12.6. The van der Waals surface area contributed by atoms with Crippen LogP contribution in [-0.2, 0) is 6.54 Å². The first-order chi connectivity index (χ1) is 14.0. The van der Waals surface area contributed by atoms with Crippen LogP contribution >= 0.6 is 0 Å². The maximum Gasteiger partial charge on any atom is 0.344 e. The first-order valence-corrected chi connectivity index (χ1v) is 10.2. The zero-order valence-corrected chi connectivity index (χ0v) is 16.9. The molecule has 0 aliphatic carbocycles. The molecule has 0 saturated carbocycles. The second-order valence-corrected chi connectivity index (χ2v) is 7.88. The van der Waals surface area contributed by atoms with Crippen molar-refractivity contribution in [1.82, 2.24) is 19.6 Å². The van der Waals surface area contributed by atoms with Gasteiger partial charge in [0.05, 0.1) is 0 Å². The topological polar surface area (TPSA) is 87.7 Å². The van der Waals surface area contributed by atoms with Gasteiger partial charge in [0.2, 0.25) is 0 Å². The van der Waals surface area contributed by atoms with Crippen molar-refractivity contribution in [2.75, 3.05) is 44.2 Å². The lowest BCUT2D eigenvalue weighted by molar-refractivity contribution is 0.0995. The van der Waals surface area contributed by atoms with Crippen molar-refractivity contribution in [3.63, 3.8) is 0 Å². The summed E-state index contributed by atoms with van der Waals surface area (Å²) in [4.78, 5) is 30.5. The lowest BCUT2D eigenvalue weighted by atomic mass is 10.1. The van der Waals surface area contributed by atoms with Gasteiger partial charge >= 0.3 is 6.03 Å². The number of carbonyl (C=O) groups is 2. The Morgan fingerprint density at radius 1 is 1.03 bits per heavy atom. The number of aromatic nitrogens is 2. The van der Waals surface area contributed by atoms with E-state index in [4.69, 9.17) is 5.73 Å². The summed E-state index contributed by atoms with van der Waals surface area (Å²) >= 11 is 0. The molecule has 2 fully saturated rings. The molecule has 154 valence electrons. The van der Waals surface area contributed by atoms with Crippen molar-refractivity contribution in [3.05, 3.63) is 47.3 Å². The van der Waals surface area contributed by atoms with Crippen molar-refractivity contribution in [3.8, 4) is 0 Å². The normalized spacial score (nSPS) is 17.7. The van der Waals surface area contributed by atoms with Gasteiger partial charge in [0.15, 0.2) is 5.69 Å². The van der Waals surface area contributed by atoms with E-state index in [1.807, 2.05) is 0 Å². The highest BCUT2D eigenvalue weighted by molar-refractivity contribution is 5.91. The Balaban J connectivity index is 1.38. The third-order valence-corrected chi connectivity index (χ3v) is 5.76. The number of piperazine rings is 1. The molecule has 0 atom stereocenters. The fraction of sp³-hybridized carbons (Fsp3) is 0.476. The fourth-order valence-corrected chi connectivity index (χ4v) is 4.10. The molecule has 2 aliphatic heterocycles. The number of anilines is 1. The van der Waals surface area contributed by atoms with Gasteiger partial charge in [-0.15, -0.1) is 0 Å². The molecule has 2 aromatic rings. The summed E-state index contributed by atoms with van der Waals surface area (Å²) < 4.78 is 1.20. The molecule has 2 N–H and O–H groups in total. The van der Waals surface area contributed by atoms with Gasteiger partial charge in [-0.1, -0.05) is 12.1 Å². The minimum absolute atomic E-state index is 0.103. The summed E-state index contributed by atoms with van der Waals surface area (Å²) in [5.41, 5.74) is 9.32. The molecule has 8 heteroatoms. The average Bonchev–Trinajstić information content (AvgIpc) is 3.42. The smallest absolute Gasteiger partial charge is 0.344 e. The number of nitrogens with two attached hydrogens (primary N) is 1. The molecule has 1 aromatic carbocycles. The average molecular weight is 396 g/mol. The number of benzene rings is 1. The van der Waals surface area contributed by atoms with E-state index in [0.717, 1.165) is 32.7 Å². The lowest BCUT2D eigenvalue weighted by Gasteiger charge is -2.35. The van der Waals surface area contributed by atoms with E-state index >= 15 is 0 Å². The van der Waals surface area contributed by atoms with Crippen LogP contribution in [0.15, 0.2) is 30.5 Å². The monoisotopic (exact) mass is 396 g/mol. The zero-order valence-electron chi connectivity index (χ0n) is 16.9. The first kappa shape index (κ1) is 19.4. The summed E-state index contributed by atoms with van der Waals surface area (Å²) in [6.07, 6.45) is 4.02. The lowest BCUT2D eigenvalue weighted by Crippen LogP contribution is -2.49. The summed E-state index contributed by atoms with van der Waals surface area (Å²) in [6, 6.07) is 7.98. The molecule has 0 bridgehead atoms. The van der Waals surface area contributed by atoms with Crippen molar-refractivity contribution in [2.24, 2.45) is 5.73 Å². The summed E-state index contributed by atoms with van der Waals surface area (Å²) in [5, 5.41) is 3.97. The number of amides is 2. The molecule has 0 spiro atoms. The van der Waals surface area contributed by atoms with Crippen molar-refractivity contribution >= 4 is 17.6 Å². The van der Waals surface area contributed by atoms with E-state index in [9.17, 15) is 9.59 Å². The predicted octanol–water partition coefficient (Wildman–Crippen LogP) is 1.68. The number of carbonyl (C=O) groups excluding carboxylic acids is 2. The SMILES string of the molecule is Cc1ccc(CN2CCN(C(=O)n3ccc(C(N)=O)n3)CC2)c(N2CCCC2)c1. The molecule has 2 amide bonds. The number of hydrogen-bond acceptors (Lipinski definition) is 5. The van der Waals surface area contributed by atoms with Gasteiger partial charge in [-0.05, 0) is 43.0 Å². The van der Waals surface area contributed by atoms with Crippen LogP contribution in [0.3, 0.4) is 0 Å². The predicted molar refractivity (Wildman–Crippen MR) is 111 cm³/mol. The number of primary amides is 1. The van der Waals surface area contributed by atoms with Gasteiger partial charge in [0, 0.05) is 57.7 Å². The molecular weight excluding hydrogens is 368 g/mol. The Hall–Kier alpha value is -2.87.